The molecule has 0 aliphatic heterocycles. The summed E-state index contributed by atoms with van der Waals surface area (Å²) in [5.41, 5.74) is 1.65. The fraction of sp³-hybridized carbons (Fsp3) is 0.148. The molecule has 37 heavy (non-hydrogen) atoms. The van der Waals surface area contributed by atoms with Crippen molar-refractivity contribution in [2.24, 2.45) is 5.92 Å². The quantitative estimate of drug-likeness (QED) is 0.215. The van der Waals surface area contributed by atoms with E-state index >= 15 is 4.39 Å². The standard InChI is InChI=1S/C27H18AsFN6O2/c28-25-23-24(21-9-8-19(11-22(21)29)36-18-4-2-1-3-5-18)34-35(26(23)33-15-32-25)14-20-13-31-27(37-20)17(12-30)10-16-6-7-16/h1-5,8-11,13,15-16H,6-7,14H2. The van der Waals surface area contributed by atoms with Crippen LogP contribution in [0.3, 0.4) is 0 Å². The topological polar surface area (TPSA) is 103 Å². The molecule has 0 N–H and O–H groups in total. The molecule has 0 bridgehead atoms. The van der Waals surface area contributed by atoms with Gasteiger partial charge < -0.3 is 0 Å². The molecule has 1 aliphatic carbocycles. The van der Waals surface area contributed by atoms with Gasteiger partial charge in [0.15, 0.2) is 0 Å². The molecular weight excluding hydrogens is 534 g/mol. The van der Waals surface area contributed by atoms with Crippen LogP contribution in [0.1, 0.15) is 24.5 Å². The first-order valence-corrected chi connectivity index (χ1v) is 12.5. The summed E-state index contributed by atoms with van der Waals surface area (Å²) in [7, 11) is 0. The van der Waals surface area contributed by atoms with Gasteiger partial charge in [0.05, 0.1) is 0 Å². The van der Waals surface area contributed by atoms with E-state index in [1.54, 1.807) is 35.1 Å². The monoisotopic (exact) mass is 552 g/mol. The van der Waals surface area contributed by atoms with Crippen LogP contribution in [0.5, 0.6) is 11.5 Å². The molecule has 8 nitrogen and oxygen atoms in total. The van der Waals surface area contributed by atoms with Crippen molar-refractivity contribution in [1.29, 1.82) is 5.26 Å². The van der Waals surface area contributed by atoms with Gasteiger partial charge in [-0.1, -0.05) is 0 Å². The molecule has 3 aromatic heterocycles. The van der Waals surface area contributed by atoms with Crippen molar-refractivity contribution in [2.75, 3.05) is 0 Å². The van der Waals surface area contributed by atoms with Crippen molar-refractivity contribution in [3.63, 3.8) is 0 Å². The van der Waals surface area contributed by atoms with Gasteiger partial charge in [0.2, 0.25) is 0 Å². The van der Waals surface area contributed by atoms with Crippen molar-refractivity contribution in [1.82, 2.24) is 24.7 Å². The molecule has 6 rings (SSSR count). The number of hydrogen-bond acceptors (Lipinski definition) is 7. The summed E-state index contributed by atoms with van der Waals surface area (Å²) < 4.78 is 29.2. The number of nitrogens with zero attached hydrogens (tertiary/aromatic N) is 6. The zero-order valence-electron chi connectivity index (χ0n) is 19.4. The van der Waals surface area contributed by atoms with E-state index < -0.39 is 5.82 Å². The van der Waals surface area contributed by atoms with Gasteiger partial charge in [-0.2, -0.15) is 0 Å². The zero-order valence-corrected chi connectivity index (χ0v) is 21.3. The Kier molecular flexibility index (Phi) is 6.03. The van der Waals surface area contributed by atoms with Gasteiger partial charge in [0.1, 0.15) is 0 Å². The Labute approximate surface area is 219 Å². The van der Waals surface area contributed by atoms with Gasteiger partial charge in [0, 0.05) is 0 Å². The third-order valence-electron chi connectivity index (χ3n) is 5.92. The van der Waals surface area contributed by atoms with Crippen molar-refractivity contribution >= 4 is 37.9 Å². The SMILES string of the molecule is N#CC(=CC1CC1)c1ncc(Cn2nc(-c3ccc(Oc4ccccc4)cc3F)c3c([As])ncnc32)o1. The molecule has 0 atom stereocenters. The number of para-hydroxylation sites is 1. The number of hydrogen-bond donors (Lipinski definition) is 0. The Balaban J connectivity index is 1.34. The van der Waals surface area contributed by atoms with Crippen LogP contribution < -0.4 is 9.22 Å². The number of fused-ring (bicyclic) bond motifs is 1. The number of oxazole rings is 1. The third kappa shape index (κ3) is 4.76. The minimum atomic E-state index is -0.485. The normalized spacial score (nSPS) is 13.6. The first kappa shape index (κ1) is 23.1. The van der Waals surface area contributed by atoms with Crippen LogP contribution in [0.2, 0.25) is 0 Å². The van der Waals surface area contributed by atoms with Gasteiger partial charge in [0.25, 0.3) is 0 Å². The number of ether oxygens (including phenoxy) is 1. The van der Waals surface area contributed by atoms with Crippen LogP contribution in [0.25, 0.3) is 27.9 Å². The van der Waals surface area contributed by atoms with Crippen molar-refractivity contribution in [3.05, 3.63) is 84.6 Å². The second-order valence-corrected chi connectivity index (χ2v) is 9.51. The molecular formula is C27H18AsFN6O2. The molecule has 1 aliphatic rings. The summed E-state index contributed by atoms with van der Waals surface area (Å²) in [6, 6.07) is 16.0. The Morgan fingerprint density at radius 1 is 1.16 bits per heavy atom. The summed E-state index contributed by atoms with van der Waals surface area (Å²) in [5.74, 6) is 1.70. The van der Waals surface area contributed by atoms with Gasteiger partial charge in [-0.3, -0.25) is 0 Å². The number of nitriles is 1. The number of allylic oxidation sites excluding steroid dienone is 2. The average Bonchev–Trinajstić information content (AvgIpc) is 3.48. The predicted octanol–water partition coefficient (Wildman–Crippen LogP) is 4.57. The van der Waals surface area contributed by atoms with Gasteiger partial charge in [-0.05, 0) is 0 Å². The zero-order chi connectivity index (χ0) is 25.4. The van der Waals surface area contributed by atoms with E-state index in [9.17, 15) is 5.26 Å². The van der Waals surface area contributed by atoms with Crippen LogP contribution in [0.15, 0.2) is 71.5 Å². The summed E-state index contributed by atoms with van der Waals surface area (Å²) in [4.78, 5) is 12.9. The van der Waals surface area contributed by atoms with Crippen molar-refractivity contribution < 1.29 is 13.5 Å². The number of benzene rings is 2. The average molecular weight is 552 g/mol. The summed E-state index contributed by atoms with van der Waals surface area (Å²) in [5, 5.41) is 14.8. The molecule has 0 unspecified atom stereocenters. The maximum atomic E-state index is 15.3. The van der Waals surface area contributed by atoms with E-state index in [1.807, 2.05) is 24.3 Å². The molecule has 1 saturated carbocycles. The summed E-state index contributed by atoms with van der Waals surface area (Å²) in [6.07, 6.45) is 7.06. The van der Waals surface area contributed by atoms with E-state index in [1.165, 1.54) is 12.4 Å². The van der Waals surface area contributed by atoms with E-state index in [-0.39, 0.29) is 12.4 Å². The predicted molar refractivity (Wildman–Crippen MR) is 135 cm³/mol. The second kappa shape index (κ2) is 9.64. The maximum absolute atomic E-state index is 15.3. The van der Waals surface area contributed by atoms with Crippen LogP contribution in [-0.4, -0.2) is 41.6 Å². The fourth-order valence-electron chi connectivity index (χ4n) is 3.98. The van der Waals surface area contributed by atoms with Crippen LogP contribution in [-0.2, 0) is 6.54 Å². The Hall–Kier alpha value is -4.28. The van der Waals surface area contributed by atoms with Gasteiger partial charge >= 0.3 is 220 Å². The van der Waals surface area contributed by atoms with Crippen LogP contribution in [0.4, 0.5) is 4.39 Å². The number of halogens is 1. The van der Waals surface area contributed by atoms with E-state index in [4.69, 9.17) is 9.15 Å². The second-order valence-electron chi connectivity index (χ2n) is 8.62. The molecule has 1 fully saturated rings. The Morgan fingerprint density at radius 3 is 2.76 bits per heavy atom. The molecule has 0 saturated heterocycles. The molecule has 10 heteroatoms. The van der Waals surface area contributed by atoms with Gasteiger partial charge in [-0.15, -0.1) is 0 Å². The molecule has 0 amide bonds. The molecule has 180 valence electrons. The van der Waals surface area contributed by atoms with E-state index in [2.05, 4.69) is 43.0 Å². The molecule has 2 radical (unpaired) electrons. The van der Waals surface area contributed by atoms with E-state index in [0.717, 1.165) is 12.8 Å². The summed E-state index contributed by atoms with van der Waals surface area (Å²) >= 11 is 2.37. The summed E-state index contributed by atoms with van der Waals surface area (Å²) in [6.45, 7) is 0.200. The first-order chi connectivity index (χ1) is 18.1. The Bertz CT molecular complexity index is 1680. The minimum absolute atomic E-state index is 0.200. The first-order valence-electron chi connectivity index (χ1n) is 11.6. The fourth-order valence-corrected chi connectivity index (χ4v) is 4.52. The van der Waals surface area contributed by atoms with Crippen molar-refractivity contribution in [3.8, 4) is 28.8 Å². The van der Waals surface area contributed by atoms with Crippen LogP contribution >= 0.6 is 0 Å². The molecule has 3 heterocycles. The van der Waals surface area contributed by atoms with Crippen molar-refractivity contribution in [2.45, 2.75) is 19.4 Å². The molecule has 2 aromatic carbocycles. The van der Waals surface area contributed by atoms with Gasteiger partial charge in [-0.25, -0.2) is 0 Å². The Morgan fingerprint density at radius 2 is 2.00 bits per heavy atom. The van der Waals surface area contributed by atoms with Crippen LogP contribution in [0, 0.1) is 23.1 Å². The number of rotatable bonds is 7. The third-order valence-corrected chi connectivity index (χ3v) is 6.63. The molecule has 0 spiro atoms. The van der Waals surface area contributed by atoms with E-state index in [0.29, 0.717) is 55.5 Å². The molecule has 5 aromatic rings. The number of aromatic nitrogens is 5.